The van der Waals surface area contributed by atoms with Crippen molar-refractivity contribution in [1.29, 1.82) is 0 Å². The van der Waals surface area contributed by atoms with Crippen molar-refractivity contribution >= 4 is 24.5 Å². The van der Waals surface area contributed by atoms with Crippen molar-refractivity contribution in [3.05, 3.63) is 72.3 Å². The lowest BCUT2D eigenvalue weighted by Crippen LogP contribution is -2.66. The number of carbonyl (C=O) groups is 1. The molecule has 0 bridgehead atoms. The maximum atomic E-state index is 11.8. The van der Waals surface area contributed by atoms with Crippen molar-refractivity contribution in [2.24, 2.45) is 0 Å². The zero-order valence-electron chi connectivity index (χ0n) is 19.5. The molecule has 32 heavy (non-hydrogen) atoms. The highest BCUT2D eigenvalue weighted by Gasteiger charge is 2.55. The third kappa shape index (κ3) is 4.38. The minimum atomic E-state index is -2.58. The molecule has 1 saturated heterocycles. The van der Waals surface area contributed by atoms with Gasteiger partial charge in [0.1, 0.15) is 6.10 Å². The summed E-state index contributed by atoms with van der Waals surface area (Å²) in [5.41, 5.74) is 0.325. The van der Waals surface area contributed by atoms with Gasteiger partial charge in [0.2, 0.25) is 0 Å². The van der Waals surface area contributed by atoms with E-state index in [0.717, 1.165) is 18.4 Å². The van der Waals surface area contributed by atoms with Crippen LogP contribution < -0.4 is 10.4 Å². The molecule has 2 aromatic rings. The van der Waals surface area contributed by atoms with Crippen molar-refractivity contribution < 1.29 is 14.0 Å². The molecular formula is C28H32O3Si. The Hall–Kier alpha value is -2.45. The largest absolute Gasteiger partial charge is 0.405 e. The molecule has 1 aliphatic heterocycles. The molecule has 0 radical (unpaired) electrons. The summed E-state index contributed by atoms with van der Waals surface area (Å²) in [5, 5.41) is 2.45. The first-order chi connectivity index (χ1) is 15.3. The predicted molar refractivity (Wildman–Crippen MR) is 132 cm³/mol. The normalized spacial score (nSPS) is 24.3. The molecule has 2 atom stereocenters. The Morgan fingerprint density at radius 1 is 1.06 bits per heavy atom. The molecule has 0 N–H and O–H groups in total. The number of allylic oxidation sites excluding steroid dienone is 2. The Bertz CT molecular complexity index is 1020. The molecule has 3 nitrogen and oxygen atoms in total. The molecule has 2 aromatic carbocycles. The zero-order valence-corrected chi connectivity index (χ0v) is 20.5. The molecule has 2 aliphatic rings. The van der Waals surface area contributed by atoms with Gasteiger partial charge in [0, 0.05) is 12.0 Å². The van der Waals surface area contributed by atoms with Crippen LogP contribution in [0, 0.1) is 11.8 Å². The Kier molecular flexibility index (Phi) is 6.27. The van der Waals surface area contributed by atoms with Gasteiger partial charge in [-0.15, -0.1) is 0 Å². The van der Waals surface area contributed by atoms with Gasteiger partial charge < -0.3 is 9.16 Å². The Morgan fingerprint density at radius 3 is 2.16 bits per heavy atom. The fraction of sp³-hybridized carbons (Fsp3) is 0.393. The van der Waals surface area contributed by atoms with Crippen LogP contribution in [0.15, 0.2) is 72.3 Å². The third-order valence-electron chi connectivity index (χ3n) is 6.59. The van der Waals surface area contributed by atoms with Crippen molar-refractivity contribution in [2.75, 3.05) is 6.61 Å². The van der Waals surface area contributed by atoms with Crippen LogP contribution >= 0.6 is 0 Å². The summed E-state index contributed by atoms with van der Waals surface area (Å²) in [6.07, 6.45) is 4.13. The van der Waals surface area contributed by atoms with Gasteiger partial charge in [0.15, 0.2) is 11.4 Å². The van der Waals surface area contributed by atoms with E-state index in [1.807, 2.05) is 6.92 Å². The molecule has 1 heterocycles. The first-order valence-corrected chi connectivity index (χ1v) is 13.3. The second kappa shape index (κ2) is 8.82. The molecule has 4 rings (SSSR count). The van der Waals surface area contributed by atoms with Crippen LogP contribution in [0.3, 0.4) is 0 Å². The summed E-state index contributed by atoms with van der Waals surface area (Å²) in [4.78, 5) is 11.8. The molecule has 4 heteroatoms. The summed E-state index contributed by atoms with van der Waals surface area (Å²) in [7, 11) is -2.58. The van der Waals surface area contributed by atoms with Crippen LogP contribution in [0.2, 0.25) is 5.04 Å². The average Bonchev–Trinajstić information content (AvgIpc) is 3.24. The van der Waals surface area contributed by atoms with Crippen molar-refractivity contribution in [2.45, 2.75) is 63.7 Å². The van der Waals surface area contributed by atoms with Gasteiger partial charge in [-0.25, -0.2) is 0 Å². The summed E-state index contributed by atoms with van der Waals surface area (Å²) in [6, 6.07) is 21.3. The number of hydrogen-bond donors (Lipinski definition) is 0. The average molecular weight is 445 g/mol. The highest BCUT2D eigenvalue weighted by molar-refractivity contribution is 6.99. The van der Waals surface area contributed by atoms with Gasteiger partial charge in [0.05, 0.1) is 6.61 Å². The number of rotatable bonds is 5. The molecule has 0 amide bonds. The molecule has 1 saturated carbocycles. The molecule has 1 aliphatic carbocycles. The maximum Gasteiger partial charge on any atom is 0.261 e. The number of Topliss-reactive ketones (excluding diaryl/α,β-unsaturated/α-hetero) is 1. The Morgan fingerprint density at radius 2 is 1.66 bits per heavy atom. The smallest absolute Gasteiger partial charge is 0.261 e. The highest BCUT2D eigenvalue weighted by atomic mass is 28.4. The fourth-order valence-corrected chi connectivity index (χ4v) is 9.24. The van der Waals surface area contributed by atoms with Crippen molar-refractivity contribution in [3.63, 3.8) is 0 Å². The highest BCUT2D eigenvalue weighted by Crippen LogP contribution is 2.40. The SMILES string of the molecule is CC1(C#C/C=C2/CCCC2=O)OC1CO[Si](c1ccccc1)(c1ccccc1)C(C)(C)C. The van der Waals surface area contributed by atoms with E-state index in [0.29, 0.717) is 13.0 Å². The van der Waals surface area contributed by atoms with Crippen molar-refractivity contribution in [3.8, 4) is 11.8 Å². The fourth-order valence-electron chi connectivity index (χ4n) is 4.69. The number of epoxide rings is 1. The number of hydrogen-bond acceptors (Lipinski definition) is 3. The molecular weight excluding hydrogens is 412 g/mol. The summed E-state index contributed by atoms with van der Waals surface area (Å²) in [5.74, 6) is 6.53. The number of carbonyl (C=O) groups excluding carboxylic acids is 1. The number of benzene rings is 2. The monoisotopic (exact) mass is 444 g/mol. The molecule has 0 aromatic heterocycles. The topological polar surface area (TPSA) is 38.8 Å². The second-order valence-electron chi connectivity index (χ2n) is 9.90. The van der Waals surface area contributed by atoms with E-state index in [1.54, 1.807) is 6.08 Å². The van der Waals surface area contributed by atoms with Crippen LogP contribution in [0.4, 0.5) is 0 Å². The van der Waals surface area contributed by atoms with Gasteiger partial charge >= 0.3 is 0 Å². The van der Waals surface area contributed by atoms with Crippen LogP contribution in [-0.2, 0) is 14.0 Å². The first-order valence-electron chi connectivity index (χ1n) is 11.4. The van der Waals surface area contributed by atoms with E-state index in [9.17, 15) is 4.79 Å². The van der Waals surface area contributed by atoms with Gasteiger partial charge in [-0.1, -0.05) is 93.3 Å². The number of ether oxygens (including phenoxy) is 1. The van der Waals surface area contributed by atoms with E-state index in [1.165, 1.54) is 10.4 Å². The van der Waals surface area contributed by atoms with Crippen LogP contribution in [0.1, 0.15) is 47.0 Å². The molecule has 0 spiro atoms. The summed E-state index contributed by atoms with van der Waals surface area (Å²) in [6.45, 7) is 9.33. The summed E-state index contributed by atoms with van der Waals surface area (Å²) >= 11 is 0. The van der Waals surface area contributed by atoms with E-state index in [4.69, 9.17) is 9.16 Å². The van der Waals surface area contributed by atoms with Gasteiger partial charge in [0.25, 0.3) is 8.32 Å². The quantitative estimate of drug-likeness (QED) is 0.297. The predicted octanol–water partition coefficient (Wildman–Crippen LogP) is 4.40. The maximum absolute atomic E-state index is 11.8. The van der Waals surface area contributed by atoms with E-state index in [-0.39, 0.29) is 16.9 Å². The van der Waals surface area contributed by atoms with E-state index >= 15 is 0 Å². The van der Waals surface area contributed by atoms with E-state index in [2.05, 4.69) is 93.3 Å². The Labute approximate surface area is 193 Å². The second-order valence-corrected chi connectivity index (χ2v) is 14.2. The minimum Gasteiger partial charge on any atom is -0.405 e. The lowest BCUT2D eigenvalue weighted by Gasteiger charge is -2.43. The zero-order chi connectivity index (χ0) is 22.8. The van der Waals surface area contributed by atoms with Crippen LogP contribution in [0.25, 0.3) is 0 Å². The van der Waals surface area contributed by atoms with Crippen LogP contribution in [0.5, 0.6) is 0 Å². The van der Waals surface area contributed by atoms with Gasteiger partial charge in [-0.3, -0.25) is 4.79 Å². The molecule has 2 fully saturated rings. The lowest BCUT2D eigenvalue weighted by molar-refractivity contribution is -0.114. The van der Waals surface area contributed by atoms with E-state index < -0.39 is 13.9 Å². The molecule has 2 unspecified atom stereocenters. The van der Waals surface area contributed by atoms with Crippen molar-refractivity contribution in [1.82, 2.24) is 0 Å². The first kappa shape index (κ1) is 22.7. The third-order valence-corrected chi connectivity index (χ3v) is 11.6. The molecule has 166 valence electrons. The Balaban J connectivity index is 1.58. The minimum absolute atomic E-state index is 0.0695. The van der Waals surface area contributed by atoms with Gasteiger partial charge in [-0.05, 0) is 41.3 Å². The summed E-state index contributed by atoms with van der Waals surface area (Å²) < 4.78 is 12.9. The lowest BCUT2D eigenvalue weighted by atomic mass is 10.1. The van der Waals surface area contributed by atoms with Gasteiger partial charge in [-0.2, -0.15) is 0 Å². The standard InChI is InChI=1S/C28H32O3Si/c1-27(2,3)32(23-15-7-5-8-16-23,24-17-9-6-10-18-24)30-21-26-28(4,31-26)20-12-14-22-13-11-19-25(22)29/h5-10,14-18,26H,11,13,19,21H2,1-4H3/b22-14-. The number of ketones is 1. The van der Waals surface area contributed by atoms with Crippen LogP contribution in [-0.4, -0.2) is 32.4 Å².